The van der Waals surface area contributed by atoms with Gasteiger partial charge in [-0.2, -0.15) is 0 Å². The third-order valence-electron chi connectivity index (χ3n) is 4.88. The Bertz CT molecular complexity index is 753. The largest absolute Gasteiger partial charge is 0.505 e. The fourth-order valence-electron chi connectivity index (χ4n) is 3.45. The number of benzene rings is 1. The van der Waals surface area contributed by atoms with E-state index in [1.807, 2.05) is 0 Å². The number of carboxylic acid groups (broad SMARTS) is 1. The predicted molar refractivity (Wildman–Crippen MR) is 84.3 cm³/mol. The Morgan fingerprint density at radius 3 is 2.75 bits per heavy atom. The third kappa shape index (κ3) is 2.81. The molecule has 1 saturated carbocycles. The number of rotatable bonds is 4. The minimum atomic E-state index is -0.978. The van der Waals surface area contributed by atoms with Gasteiger partial charge in [0.1, 0.15) is 11.5 Å². The highest BCUT2D eigenvalue weighted by atomic mass is 19.1. The summed E-state index contributed by atoms with van der Waals surface area (Å²) in [7, 11) is 1.57. The van der Waals surface area contributed by atoms with Crippen molar-refractivity contribution in [3.8, 4) is 17.0 Å². The molecule has 1 aliphatic rings. The number of phenols is 1. The van der Waals surface area contributed by atoms with Crippen molar-refractivity contribution < 1.29 is 23.8 Å². The van der Waals surface area contributed by atoms with Gasteiger partial charge in [0.25, 0.3) is 0 Å². The molecule has 6 nitrogen and oxygen atoms in total. The standard InChI is InChI=1S/C17H19FN2O4/c1-20(16(22)23)17(6-2-3-7-17)9-14-15(19-10-24-14)11-4-5-13(21)12(18)8-11/h4-5,8,10,21H,2-3,6-7,9H2,1H3,(H,22,23). The van der Waals surface area contributed by atoms with E-state index in [-0.39, 0.29) is 0 Å². The smallest absolute Gasteiger partial charge is 0.407 e. The fraction of sp³-hybridized carbons (Fsp3) is 0.412. The Hall–Kier alpha value is -2.57. The minimum Gasteiger partial charge on any atom is -0.505 e. The Kier molecular flexibility index (Phi) is 4.17. The second-order valence-electron chi connectivity index (χ2n) is 6.24. The summed E-state index contributed by atoms with van der Waals surface area (Å²) in [5.74, 6) is -0.642. The van der Waals surface area contributed by atoms with Crippen LogP contribution >= 0.6 is 0 Å². The first kappa shape index (κ1) is 16.3. The van der Waals surface area contributed by atoms with E-state index >= 15 is 0 Å². The lowest BCUT2D eigenvalue weighted by Crippen LogP contribution is -2.48. The molecule has 1 heterocycles. The van der Waals surface area contributed by atoms with Gasteiger partial charge in [0.2, 0.25) is 0 Å². The summed E-state index contributed by atoms with van der Waals surface area (Å²) in [6.07, 6.45) is 4.09. The first-order valence-electron chi connectivity index (χ1n) is 7.81. The SMILES string of the molecule is CN(C(=O)O)C1(Cc2ocnc2-c2ccc(O)c(F)c2)CCCC1. The summed E-state index contributed by atoms with van der Waals surface area (Å²) < 4.78 is 19.1. The molecule has 0 radical (unpaired) electrons. The van der Waals surface area contributed by atoms with Gasteiger partial charge in [-0.1, -0.05) is 12.8 Å². The molecular formula is C17H19FN2O4. The van der Waals surface area contributed by atoms with Crippen molar-refractivity contribution in [2.75, 3.05) is 7.05 Å². The van der Waals surface area contributed by atoms with Gasteiger partial charge >= 0.3 is 6.09 Å². The molecule has 0 saturated heterocycles. The van der Waals surface area contributed by atoms with Crippen LogP contribution in [0.3, 0.4) is 0 Å². The Morgan fingerprint density at radius 1 is 1.42 bits per heavy atom. The quantitative estimate of drug-likeness (QED) is 0.891. The average Bonchev–Trinajstić information content (AvgIpc) is 3.20. The maximum atomic E-state index is 13.6. The number of phenolic OH excluding ortho intramolecular Hbond substituents is 1. The van der Waals surface area contributed by atoms with E-state index in [0.29, 0.717) is 23.4 Å². The first-order valence-corrected chi connectivity index (χ1v) is 7.81. The van der Waals surface area contributed by atoms with Crippen molar-refractivity contribution in [2.45, 2.75) is 37.6 Å². The Labute approximate surface area is 138 Å². The van der Waals surface area contributed by atoms with Crippen LogP contribution in [0, 0.1) is 5.82 Å². The number of aromatic hydroxyl groups is 1. The molecular weight excluding hydrogens is 315 g/mol. The molecule has 0 spiro atoms. The molecule has 1 aromatic carbocycles. The Balaban J connectivity index is 1.95. The summed E-state index contributed by atoms with van der Waals surface area (Å²) >= 11 is 0. The lowest BCUT2D eigenvalue weighted by molar-refractivity contribution is 0.0923. The van der Waals surface area contributed by atoms with E-state index in [1.165, 1.54) is 23.4 Å². The monoisotopic (exact) mass is 334 g/mol. The van der Waals surface area contributed by atoms with E-state index in [1.54, 1.807) is 13.1 Å². The zero-order valence-corrected chi connectivity index (χ0v) is 13.3. The molecule has 2 N–H and O–H groups in total. The van der Waals surface area contributed by atoms with Crippen molar-refractivity contribution >= 4 is 6.09 Å². The summed E-state index contributed by atoms with van der Waals surface area (Å²) in [6, 6.07) is 4.01. The van der Waals surface area contributed by atoms with Crippen LogP contribution in [0.5, 0.6) is 5.75 Å². The van der Waals surface area contributed by atoms with Gasteiger partial charge in [0, 0.05) is 19.0 Å². The van der Waals surface area contributed by atoms with Gasteiger partial charge in [-0.25, -0.2) is 14.2 Å². The maximum Gasteiger partial charge on any atom is 0.407 e. The van der Waals surface area contributed by atoms with Gasteiger partial charge in [0.15, 0.2) is 18.0 Å². The van der Waals surface area contributed by atoms with Crippen molar-refractivity contribution in [2.24, 2.45) is 0 Å². The molecule has 128 valence electrons. The number of halogens is 1. The van der Waals surface area contributed by atoms with Crippen LogP contribution < -0.4 is 0 Å². The number of hydrogen-bond acceptors (Lipinski definition) is 4. The zero-order valence-electron chi connectivity index (χ0n) is 13.3. The molecule has 2 aromatic rings. The van der Waals surface area contributed by atoms with Crippen LogP contribution in [0.2, 0.25) is 0 Å². The van der Waals surface area contributed by atoms with Crippen molar-refractivity contribution in [1.29, 1.82) is 0 Å². The topological polar surface area (TPSA) is 86.8 Å². The molecule has 3 rings (SSSR count). The molecule has 1 aromatic heterocycles. The lowest BCUT2D eigenvalue weighted by atomic mass is 9.89. The molecule has 0 aliphatic heterocycles. The molecule has 24 heavy (non-hydrogen) atoms. The van der Waals surface area contributed by atoms with E-state index in [0.717, 1.165) is 25.7 Å². The predicted octanol–water partition coefficient (Wildman–Crippen LogP) is 3.65. The summed E-state index contributed by atoms with van der Waals surface area (Å²) in [4.78, 5) is 17.0. The number of nitrogens with zero attached hydrogens (tertiary/aromatic N) is 2. The van der Waals surface area contributed by atoms with E-state index < -0.39 is 23.2 Å². The molecule has 1 fully saturated rings. The van der Waals surface area contributed by atoms with E-state index in [9.17, 15) is 19.4 Å². The fourth-order valence-corrected chi connectivity index (χ4v) is 3.45. The number of hydrogen-bond donors (Lipinski definition) is 2. The third-order valence-corrected chi connectivity index (χ3v) is 4.88. The normalized spacial score (nSPS) is 16.2. The van der Waals surface area contributed by atoms with Gasteiger partial charge in [-0.05, 0) is 31.0 Å². The average molecular weight is 334 g/mol. The summed E-state index contributed by atoms with van der Waals surface area (Å²) in [6.45, 7) is 0. The van der Waals surface area contributed by atoms with Crippen LogP contribution in [0.4, 0.5) is 9.18 Å². The molecule has 1 amide bonds. The van der Waals surface area contributed by atoms with Crippen LogP contribution in [-0.2, 0) is 6.42 Å². The number of aromatic nitrogens is 1. The highest BCUT2D eigenvalue weighted by molar-refractivity contribution is 5.66. The van der Waals surface area contributed by atoms with Crippen LogP contribution in [0.15, 0.2) is 29.0 Å². The van der Waals surface area contributed by atoms with Crippen LogP contribution in [0.1, 0.15) is 31.4 Å². The first-order chi connectivity index (χ1) is 11.4. The van der Waals surface area contributed by atoms with Gasteiger partial charge in [0.05, 0.1) is 5.54 Å². The maximum absolute atomic E-state index is 13.6. The zero-order chi connectivity index (χ0) is 17.3. The highest BCUT2D eigenvalue weighted by Gasteiger charge is 2.41. The van der Waals surface area contributed by atoms with Crippen molar-refractivity contribution in [3.05, 3.63) is 36.2 Å². The van der Waals surface area contributed by atoms with Gasteiger partial charge in [-0.15, -0.1) is 0 Å². The number of carbonyl (C=O) groups is 1. The number of oxazole rings is 1. The van der Waals surface area contributed by atoms with Gasteiger partial charge < -0.3 is 19.5 Å². The van der Waals surface area contributed by atoms with Crippen molar-refractivity contribution in [3.63, 3.8) is 0 Å². The van der Waals surface area contributed by atoms with Crippen LogP contribution in [-0.4, -0.2) is 38.8 Å². The molecule has 0 atom stereocenters. The minimum absolute atomic E-state index is 0.383. The Morgan fingerprint density at radius 2 is 2.12 bits per heavy atom. The second-order valence-corrected chi connectivity index (χ2v) is 6.24. The van der Waals surface area contributed by atoms with E-state index in [4.69, 9.17) is 4.42 Å². The highest BCUT2D eigenvalue weighted by Crippen LogP contribution is 2.39. The molecule has 0 unspecified atom stereocenters. The summed E-state index contributed by atoms with van der Waals surface area (Å²) in [5.41, 5.74) is 0.425. The molecule has 0 bridgehead atoms. The van der Waals surface area contributed by atoms with E-state index in [2.05, 4.69) is 4.98 Å². The second kappa shape index (κ2) is 6.14. The lowest BCUT2D eigenvalue weighted by Gasteiger charge is -2.36. The molecule has 7 heteroatoms. The summed E-state index contributed by atoms with van der Waals surface area (Å²) in [5, 5.41) is 18.7. The molecule has 1 aliphatic carbocycles. The van der Waals surface area contributed by atoms with Crippen molar-refractivity contribution in [1.82, 2.24) is 9.88 Å². The van der Waals surface area contributed by atoms with Crippen LogP contribution in [0.25, 0.3) is 11.3 Å². The number of likely N-dealkylation sites (N-methyl/N-ethyl adjacent to an activating group) is 1. The number of amides is 1. The van der Waals surface area contributed by atoms with Gasteiger partial charge in [-0.3, -0.25) is 0 Å².